The zero-order valence-electron chi connectivity index (χ0n) is 14.0. The summed E-state index contributed by atoms with van der Waals surface area (Å²) in [4.78, 5) is 12.7. The van der Waals surface area contributed by atoms with Crippen molar-refractivity contribution in [2.24, 2.45) is 0 Å². The summed E-state index contributed by atoms with van der Waals surface area (Å²) in [6.07, 6.45) is 2.56. The third kappa shape index (κ3) is 3.13. The number of nitrogens with one attached hydrogen (secondary N) is 1. The molecule has 3 nitrogen and oxygen atoms in total. The quantitative estimate of drug-likeness (QED) is 0.833. The van der Waals surface area contributed by atoms with Crippen molar-refractivity contribution in [3.63, 3.8) is 0 Å². The van der Waals surface area contributed by atoms with Gasteiger partial charge in [0.15, 0.2) is 0 Å². The summed E-state index contributed by atoms with van der Waals surface area (Å²) in [5, 5.41) is 3.62. The molecule has 0 saturated heterocycles. The van der Waals surface area contributed by atoms with E-state index in [0.29, 0.717) is 10.6 Å². The molecule has 4 heteroatoms. The molecule has 1 amide bonds. The van der Waals surface area contributed by atoms with Crippen molar-refractivity contribution in [1.82, 2.24) is 5.32 Å². The molecule has 2 aromatic carbocycles. The summed E-state index contributed by atoms with van der Waals surface area (Å²) in [6, 6.07) is 15.0. The van der Waals surface area contributed by atoms with E-state index < -0.39 is 0 Å². The van der Waals surface area contributed by atoms with Gasteiger partial charge in [-0.05, 0) is 31.0 Å². The Balaban J connectivity index is 1.91. The third-order valence-electron chi connectivity index (χ3n) is 4.91. The molecule has 1 N–H and O–H groups in total. The average molecular weight is 344 g/mol. The summed E-state index contributed by atoms with van der Waals surface area (Å²) in [7, 11) is 0. The fourth-order valence-electron chi connectivity index (χ4n) is 3.31. The lowest BCUT2D eigenvalue weighted by Gasteiger charge is -2.41. The van der Waals surface area contributed by atoms with E-state index in [0.717, 1.165) is 30.6 Å². The molecular weight excluding hydrogens is 322 g/mol. The minimum atomic E-state index is -0.243. The van der Waals surface area contributed by atoms with Crippen LogP contribution in [0.25, 0.3) is 0 Å². The molecule has 0 aromatic heterocycles. The second kappa shape index (κ2) is 6.86. The number of halogens is 1. The lowest BCUT2D eigenvalue weighted by atomic mass is 9.83. The SMILES string of the molecule is CCC1(CC)C[C@H](NC(=O)c2ccccc2Cl)c2ccccc2O1. The van der Waals surface area contributed by atoms with Crippen LogP contribution in [0.3, 0.4) is 0 Å². The molecule has 0 aliphatic carbocycles. The highest BCUT2D eigenvalue weighted by Gasteiger charge is 2.39. The topological polar surface area (TPSA) is 38.3 Å². The van der Waals surface area contributed by atoms with Gasteiger partial charge in [0.25, 0.3) is 5.91 Å². The minimum Gasteiger partial charge on any atom is -0.487 e. The van der Waals surface area contributed by atoms with Crippen LogP contribution in [-0.2, 0) is 0 Å². The highest BCUT2D eigenvalue weighted by Crippen LogP contribution is 2.42. The fourth-order valence-corrected chi connectivity index (χ4v) is 3.53. The molecule has 0 fully saturated rings. The van der Waals surface area contributed by atoms with Crippen molar-refractivity contribution in [2.45, 2.75) is 44.8 Å². The zero-order chi connectivity index (χ0) is 17.2. The van der Waals surface area contributed by atoms with Gasteiger partial charge in [-0.15, -0.1) is 0 Å². The van der Waals surface area contributed by atoms with Crippen molar-refractivity contribution in [2.75, 3.05) is 0 Å². The first-order valence-electron chi connectivity index (χ1n) is 8.42. The monoisotopic (exact) mass is 343 g/mol. The maximum absolute atomic E-state index is 12.7. The Morgan fingerprint density at radius 1 is 1.17 bits per heavy atom. The van der Waals surface area contributed by atoms with E-state index >= 15 is 0 Å². The van der Waals surface area contributed by atoms with Crippen LogP contribution in [0.15, 0.2) is 48.5 Å². The van der Waals surface area contributed by atoms with Crippen LogP contribution in [0.4, 0.5) is 0 Å². The van der Waals surface area contributed by atoms with Crippen molar-refractivity contribution < 1.29 is 9.53 Å². The van der Waals surface area contributed by atoms with Gasteiger partial charge in [-0.1, -0.05) is 55.8 Å². The molecule has 24 heavy (non-hydrogen) atoms. The van der Waals surface area contributed by atoms with Crippen molar-refractivity contribution in [1.29, 1.82) is 0 Å². The first kappa shape index (κ1) is 16.8. The largest absolute Gasteiger partial charge is 0.487 e. The Bertz CT molecular complexity index is 740. The number of benzene rings is 2. The van der Waals surface area contributed by atoms with Gasteiger partial charge >= 0.3 is 0 Å². The van der Waals surface area contributed by atoms with Gasteiger partial charge in [-0.25, -0.2) is 0 Å². The third-order valence-corrected chi connectivity index (χ3v) is 5.24. The Labute approximate surface area is 148 Å². The molecular formula is C20H22ClNO2. The standard InChI is InChI=1S/C20H22ClNO2/c1-3-20(4-2)13-17(15-10-6-8-12-18(15)24-20)22-19(23)14-9-5-7-11-16(14)21/h5-12,17H,3-4,13H2,1-2H3,(H,22,23)/t17-/m0/s1. The molecule has 0 spiro atoms. The predicted molar refractivity (Wildman–Crippen MR) is 96.7 cm³/mol. The molecule has 126 valence electrons. The van der Waals surface area contributed by atoms with Crippen molar-refractivity contribution >= 4 is 17.5 Å². The van der Waals surface area contributed by atoms with Crippen LogP contribution in [0.1, 0.15) is 55.1 Å². The molecule has 2 aromatic rings. The van der Waals surface area contributed by atoms with Crippen LogP contribution in [0, 0.1) is 0 Å². The van der Waals surface area contributed by atoms with E-state index in [1.54, 1.807) is 12.1 Å². The van der Waals surface area contributed by atoms with E-state index in [2.05, 4.69) is 19.2 Å². The molecule has 3 rings (SSSR count). The van der Waals surface area contributed by atoms with Crippen molar-refractivity contribution in [3.8, 4) is 5.75 Å². The fraction of sp³-hybridized carbons (Fsp3) is 0.350. The van der Waals surface area contributed by atoms with Gasteiger partial charge in [0.1, 0.15) is 11.4 Å². The number of amides is 1. The van der Waals surface area contributed by atoms with Gasteiger partial charge < -0.3 is 10.1 Å². The van der Waals surface area contributed by atoms with Crippen LogP contribution in [0.2, 0.25) is 5.02 Å². The highest BCUT2D eigenvalue weighted by atomic mass is 35.5. The van der Waals surface area contributed by atoms with E-state index in [1.807, 2.05) is 36.4 Å². The minimum absolute atomic E-state index is 0.0846. The average Bonchev–Trinajstić information content (AvgIpc) is 2.61. The second-order valence-corrected chi connectivity index (χ2v) is 6.65. The van der Waals surface area contributed by atoms with Gasteiger partial charge in [0.2, 0.25) is 0 Å². The normalized spacial score (nSPS) is 18.4. The molecule has 0 saturated carbocycles. The lowest BCUT2D eigenvalue weighted by Crippen LogP contribution is -2.44. The highest BCUT2D eigenvalue weighted by molar-refractivity contribution is 6.33. The van der Waals surface area contributed by atoms with Crippen molar-refractivity contribution in [3.05, 3.63) is 64.7 Å². The van der Waals surface area contributed by atoms with Gasteiger partial charge in [0, 0.05) is 12.0 Å². The number of para-hydroxylation sites is 1. The summed E-state index contributed by atoms with van der Waals surface area (Å²) < 4.78 is 6.28. The molecule has 1 heterocycles. The summed E-state index contributed by atoms with van der Waals surface area (Å²) in [5.74, 6) is 0.709. The van der Waals surface area contributed by atoms with E-state index in [4.69, 9.17) is 16.3 Å². The number of rotatable bonds is 4. The second-order valence-electron chi connectivity index (χ2n) is 6.24. The number of hydrogen-bond acceptors (Lipinski definition) is 2. The Kier molecular flexibility index (Phi) is 4.81. The number of fused-ring (bicyclic) bond motifs is 1. The number of hydrogen-bond donors (Lipinski definition) is 1. The Morgan fingerprint density at radius 3 is 2.54 bits per heavy atom. The van der Waals surface area contributed by atoms with E-state index in [1.165, 1.54) is 0 Å². The number of carbonyl (C=O) groups excluding carboxylic acids is 1. The summed E-state index contributed by atoms with van der Waals surface area (Å²) in [5.41, 5.74) is 1.28. The maximum atomic E-state index is 12.7. The van der Waals surface area contributed by atoms with Crippen LogP contribution in [-0.4, -0.2) is 11.5 Å². The van der Waals surface area contributed by atoms with Crippen LogP contribution in [0.5, 0.6) is 5.75 Å². The van der Waals surface area contributed by atoms with E-state index in [-0.39, 0.29) is 17.6 Å². The molecule has 1 atom stereocenters. The molecule has 1 aliphatic heterocycles. The smallest absolute Gasteiger partial charge is 0.253 e. The Morgan fingerprint density at radius 2 is 1.83 bits per heavy atom. The first-order valence-corrected chi connectivity index (χ1v) is 8.79. The van der Waals surface area contributed by atoms with Crippen LogP contribution < -0.4 is 10.1 Å². The Hall–Kier alpha value is -2.00. The van der Waals surface area contributed by atoms with Gasteiger partial charge in [-0.3, -0.25) is 4.79 Å². The molecule has 1 aliphatic rings. The zero-order valence-corrected chi connectivity index (χ0v) is 14.8. The summed E-state index contributed by atoms with van der Waals surface area (Å²) in [6.45, 7) is 4.26. The maximum Gasteiger partial charge on any atom is 0.253 e. The summed E-state index contributed by atoms with van der Waals surface area (Å²) >= 11 is 6.16. The van der Waals surface area contributed by atoms with Gasteiger partial charge in [0.05, 0.1) is 16.6 Å². The number of carbonyl (C=O) groups is 1. The first-order chi connectivity index (χ1) is 11.6. The van der Waals surface area contributed by atoms with E-state index in [9.17, 15) is 4.79 Å². The molecule has 0 bridgehead atoms. The predicted octanol–water partition coefficient (Wildman–Crippen LogP) is 5.15. The van der Waals surface area contributed by atoms with Crippen LogP contribution >= 0.6 is 11.6 Å². The van der Waals surface area contributed by atoms with Gasteiger partial charge in [-0.2, -0.15) is 0 Å². The lowest BCUT2D eigenvalue weighted by molar-refractivity contribution is 0.0227. The molecule has 0 radical (unpaired) electrons. The molecule has 0 unspecified atom stereocenters. The number of ether oxygens (including phenoxy) is 1.